The molecule has 0 aromatic carbocycles. The summed E-state index contributed by atoms with van der Waals surface area (Å²) in [4.78, 5) is 0. The van der Waals surface area contributed by atoms with Gasteiger partial charge in [0.1, 0.15) is 0 Å². The zero-order valence-corrected chi connectivity index (χ0v) is 15.5. The summed E-state index contributed by atoms with van der Waals surface area (Å²) in [5, 5.41) is 32.6. The van der Waals surface area contributed by atoms with Crippen molar-refractivity contribution in [2.24, 2.45) is 23.7 Å². The summed E-state index contributed by atoms with van der Waals surface area (Å²) in [7, 11) is 0. The minimum atomic E-state index is -0.996. The molecule has 24 heavy (non-hydrogen) atoms. The van der Waals surface area contributed by atoms with Crippen molar-refractivity contribution in [2.75, 3.05) is 0 Å². The average molecular weight is 338 g/mol. The second-order valence-electron chi connectivity index (χ2n) is 9.28. The molecule has 0 amide bonds. The Morgan fingerprint density at radius 2 is 1.75 bits per heavy atom. The largest absolute Gasteiger partial charge is 0.390 e. The Balaban J connectivity index is 2.04. The molecule has 3 aliphatic rings. The smallest absolute Gasteiger partial charge is 0.0898 e. The monoisotopic (exact) mass is 338 g/mol. The molecule has 3 N–H and O–H groups in total. The van der Waals surface area contributed by atoms with Crippen LogP contribution >= 0.6 is 0 Å². The van der Waals surface area contributed by atoms with E-state index in [1.54, 1.807) is 0 Å². The first-order chi connectivity index (χ1) is 11.0. The minimum absolute atomic E-state index is 0.0165. The summed E-state index contributed by atoms with van der Waals surface area (Å²) in [5.41, 5.74) is -1.03. The first-order valence-electron chi connectivity index (χ1n) is 9.50. The molecule has 2 heterocycles. The van der Waals surface area contributed by atoms with Crippen molar-refractivity contribution in [3.8, 4) is 0 Å². The number of aliphatic hydroxyl groups excluding tert-OH is 1. The van der Waals surface area contributed by atoms with Gasteiger partial charge in [0.25, 0.3) is 0 Å². The van der Waals surface area contributed by atoms with E-state index in [0.29, 0.717) is 31.1 Å². The van der Waals surface area contributed by atoms with E-state index >= 15 is 0 Å². The van der Waals surface area contributed by atoms with Gasteiger partial charge in [-0.3, -0.25) is 0 Å². The van der Waals surface area contributed by atoms with Gasteiger partial charge in [0.15, 0.2) is 0 Å². The Morgan fingerprint density at radius 1 is 1.12 bits per heavy atom. The molecule has 2 bridgehead atoms. The van der Waals surface area contributed by atoms with Gasteiger partial charge in [-0.05, 0) is 69.3 Å². The van der Waals surface area contributed by atoms with Gasteiger partial charge in [0, 0.05) is 5.92 Å². The first-order valence-corrected chi connectivity index (χ1v) is 9.50. The van der Waals surface area contributed by atoms with Crippen LogP contribution in [0.25, 0.3) is 0 Å². The molecule has 0 spiro atoms. The Morgan fingerprint density at radius 3 is 2.38 bits per heavy atom. The van der Waals surface area contributed by atoms with Crippen molar-refractivity contribution >= 4 is 0 Å². The van der Waals surface area contributed by atoms with Crippen molar-refractivity contribution in [3.63, 3.8) is 0 Å². The van der Waals surface area contributed by atoms with Crippen LogP contribution in [-0.4, -0.2) is 44.8 Å². The quantitative estimate of drug-likeness (QED) is 0.643. The Hall–Kier alpha value is -0.420. The lowest BCUT2D eigenvalue weighted by molar-refractivity contribution is -0.121. The number of rotatable bonds is 1. The van der Waals surface area contributed by atoms with Gasteiger partial charge < -0.3 is 20.1 Å². The first kappa shape index (κ1) is 18.4. The standard InChI is InChI=1S/C20H34O4/c1-11(2)13-6-8-19(4,22)17-15-10-12(3)14(21)7-9-20(5,23)18(24-15)16(13)17/h11,13-18,21-23H,3,6-10H2,1-2,4-5H3. The Bertz CT molecular complexity index is 496. The van der Waals surface area contributed by atoms with E-state index in [2.05, 4.69) is 20.4 Å². The van der Waals surface area contributed by atoms with Crippen LogP contribution in [0.4, 0.5) is 0 Å². The number of aliphatic hydroxyl groups is 3. The molecule has 4 nitrogen and oxygen atoms in total. The molecular formula is C20H34O4. The van der Waals surface area contributed by atoms with Crippen molar-refractivity contribution in [3.05, 3.63) is 12.2 Å². The highest BCUT2D eigenvalue weighted by atomic mass is 16.5. The van der Waals surface area contributed by atoms with Crippen molar-refractivity contribution in [2.45, 2.75) is 89.3 Å². The van der Waals surface area contributed by atoms with Crippen LogP contribution in [0.1, 0.15) is 59.8 Å². The minimum Gasteiger partial charge on any atom is -0.390 e. The van der Waals surface area contributed by atoms with Crippen LogP contribution in [0.3, 0.4) is 0 Å². The van der Waals surface area contributed by atoms with E-state index in [4.69, 9.17) is 4.74 Å². The third kappa shape index (κ3) is 2.96. The number of fused-ring (bicyclic) bond motifs is 5. The summed E-state index contributed by atoms with van der Waals surface area (Å²) in [5.74, 6) is 1.06. The van der Waals surface area contributed by atoms with E-state index < -0.39 is 17.3 Å². The lowest BCUT2D eigenvalue weighted by atomic mass is 9.57. The highest BCUT2D eigenvalue weighted by Crippen LogP contribution is 2.56. The molecule has 3 fully saturated rings. The summed E-state index contributed by atoms with van der Waals surface area (Å²) in [6, 6.07) is 0. The highest BCUT2D eigenvalue weighted by Gasteiger charge is 2.61. The predicted octanol–water partition coefficient (Wildman–Crippen LogP) is 2.66. The molecule has 2 aliphatic heterocycles. The van der Waals surface area contributed by atoms with Gasteiger partial charge in [-0.1, -0.05) is 20.4 Å². The fraction of sp³-hybridized carbons (Fsp3) is 0.900. The molecule has 4 heteroatoms. The lowest BCUT2D eigenvalue weighted by Gasteiger charge is -2.49. The molecule has 8 atom stereocenters. The van der Waals surface area contributed by atoms with Crippen LogP contribution in [0.15, 0.2) is 12.2 Å². The van der Waals surface area contributed by atoms with Gasteiger partial charge in [-0.15, -0.1) is 0 Å². The SMILES string of the molecule is C=C1CC2OC(C3C(C(C)C)CCC(C)(O)C23)C(C)(O)CCC1O. The average Bonchev–Trinajstić information content (AvgIpc) is 2.86. The fourth-order valence-electron chi connectivity index (χ4n) is 5.61. The third-order valence-corrected chi connectivity index (χ3v) is 7.01. The Kier molecular flexibility index (Phi) is 4.66. The molecular weight excluding hydrogens is 304 g/mol. The number of hydrogen-bond acceptors (Lipinski definition) is 4. The highest BCUT2D eigenvalue weighted by molar-refractivity contribution is 5.15. The second-order valence-corrected chi connectivity index (χ2v) is 9.28. The number of hydrogen-bond donors (Lipinski definition) is 3. The summed E-state index contributed by atoms with van der Waals surface area (Å²) in [6.45, 7) is 12.3. The maximum atomic E-state index is 11.2. The van der Waals surface area contributed by atoms with Crippen LogP contribution in [-0.2, 0) is 4.74 Å². The van der Waals surface area contributed by atoms with Gasteiger partial charge in [-0.2, -0.15) is 0 Å². The maximum absolute atomic E-state index is 11.2. The molecule has 138 valence electrons. The molecule has 8 unspecified atom stereocenters. The normalized spacial score (nSPS) is 52.6. The van der Waals surface area contributed by atoms with E-state index in [9.17, 15) is 15.3 Å². The molecule has 1 aliphatic carbocycles. The molecule has 0 radical (unpaired) electrons. The lowest BCUT2D eigenvalue weighted by Crippen LogP contribution is -2.54. The zero-order valence-electron chi connectivity index (χ0n) is 15.5. The molecule has 2 saturated heterocycles. The third-order valence-electron chi connectivity index (χ3n) is 7.01. The van der Waals surface area contributed by atoms with Crippen LogP contribution < -0.4 is 0 Å². The molecule has 0 aromatic heterocycles. The van der Waals surface area contributed by atoms with E-state index in [1.807, 2.05) is 13.8 Å². The topological polar surface area (TPSA) is 69.9 Å². The van der Waals surface area contributed by atoms with Crippen LogP contribution in [0.2, 0.25) is 0 Å². The summed E-state index contributed by atoms with van der Waals surface area (Å²) < 4.78 is 6.40. The van der Waals surface area contributed by atoms with Crippen molar-refractivity contribution in [1.29, 1.82) is 0 Å². The van der Waals surface area contributed by atoms with E-state index in [1.165, 1.54) is 0 Å². The maximum Gasteiger partial charge on any atom is 0.0898 e. The molecule has 1 saturated carbocycles. The van der Waals surface area contributed by atoms with Gasteiger partial charge in [-0.25, -0.2) is 0 Å². The summed E-state index contributed by atoms with van der Waals surface area (Å²) >= 11 is 0. The zero-order chi connectivity index (χ0) is 17.9. The second kappa shape index (κ2) is 6.08. The fourth-order valence-corrected chi connectivity index (χ4v) is 5.61. The van der Waals surface area contributed by atoms with Gasteiger partial charge in [0.05, 0.1) is 29.5 Å². The summed E-state index contributed by atoms with van der Waals surface area (Å²) in [6.07, 6.45) is 2.23. The van der Waals surface area contributed by atoms with E-state index in [-0.39, 0.29) is 24.0 Å². The van der Waals surface area contributed by atoms with E-state index in [0.717, 1.165) is 18.4 Å². The van der Waals surface area contributed by atoms with Crippen molar-refractivity contribution < 1.29 is 20.1 Å². The Labute approximate surface area is 145 Å². The molecule has 3 rings (SSSR count). The van der Waals surface area contributed by atoms with Crippen LogP contribution in [0.5, 0.6) is 0 Å². The molecule has 0 aromatic rings. The van der Waals surface area contributed by atoms with Crippen molar-refractivity contribution in [1.82, 2.24) is 0 Å². The number of ether oxygens (including phenoxy) is 1. The van der Waals surface area contributed by atoms with Gasteiger partial charge >= 0.3 is 0 Å². The predicted molar refractivity (Wildman–Crippen MR) is 93.4 cm³/mol. The van der Waals surface area contributed by atoms with Gasteiger partial charge in [0.2, 0.25) is 0 Å². The van der Waals surface area contributed by atoms with Crippen LogP contribution in [0, 0.1) is 23.7 Å².